The molecule has 1 aliphatic rings. The molecule has 0 saturated heterocycles. The molecular weight excluding hydrogens is 531 g/mol. The number of hydrogen-bond donors (Lipinski definition) is 3. The summed E-state index contributed by atoms with van der Waals surface area (Å²) in [7, 11) is 3.31. The Morgan fingerprint density at radius 1 is 1.08 bits per heavy atom. The number of pyridine rings is 1. The van der Waals surface area contributed by atoms with E-state index in [4.69, 9.17) is 4.74 Å². The van der Waals surface area contributed by atoms with Crippen LogP contribution in [-0.2, 0) is 13.0 Å². The van der Waals surface area contributed by atoms with E-state index in [1.54, 1.807) is 31.5 Å². The Balaban J connectivity index is 1.25. The lowest BCUT2D eigenvalue weighted by molar-refractivity contribution is -0.126. The van der Waals surface area contributed by atoms with Crippen LogP contribution in [0.2, 0.25) is 0 Å². The van der Waals surface area contributed by atoms with Crippen molar-refractivity contribution < 1.29 is 28.1 Å². The Morgan fingerprint density at radius 3 is 2.56 bits per heavy atom. The smallest absolute Gasteiger partial charge is 0.393 e. The van der Waals surface area contributed by atoms with Crippen LogP contribution in [0.3, 0.4) is 0 Å². The molecule has 1 aliphatic carbocycles. The highest BCUT2D eigenvalue weighted by Gasteiger charge is 2.44. The number of anilines is 1. The van der Waals surface area contributed by atoms with Crippen LogP contribution >= 0.6 is 11.3 Å². The first-order chi connectivity index (χ1) is 18.6. The molecule has 3 heterocycles. The number of nitrogens with zero attached hydrogens (tertiary/aromatic N) is 4. The van der Waals surface area contributed by atoms with Crippen LogP contribution in [0.15, 0.2) is 55.1 Å². The lowest BCUT2D eigenvalue weighted by Gasteiger charge is -2.28. The summed E-state index contributed by atoms with van der Waals surface area (Å²) in [6.07, 6.45) is -2.33. The van der Waals surface area contributed by atoms with Gasteiger partial charge in [-0.2, -0.15) is 13.2 Å². The molecule has 8 nitrogen and oxygen atoms in total. The maximum absolute atomic E-state index is 12.9. The van der Waals surface area contributed by atoms with Crippen LogP contribution in [0, 0.1) is 0 Å². The Kier molecular flexibility index (Phi) is 7.72. The number of nitrogens with one attached hydrogen (secondary N) is 1. The highest BCUT2D eigenvalue weighted by atomic mass is 32.1. The zero-order valence-corrected chi connectivity index (χ0v) is 22.1. The first kappa shape index (κ1) is 27.3. The number of aromatic nitrogens is 3. The second kappa shape index (κ2) is 11.0. The van der Waals surface area contributed by atoms with Crippen molar-refractivity contribution in [2.75, 3.05) is 19.1 Å². The van der Waals surface area contributed by atoms with Crippen molar-refractivity contribution in [3.63, 3.8) is 0 Å². The molecule has 1 aromatic carbocycles. The third kappa shape index (κ3) is 5.98. The van der Waals surface area contributed by atoms with E-state index in [0.717, 1.165) is 28.0 Å². The minimum atomic E-state index is -4.32. The van der Waals surface area contributed by atoms with E-state index >= 15 is 0 Å². The van der Waals surface area contributed by atoms with Crippen LogP contribution in [0.4, 0.5) is 19.0 Å². The van der Waals surface area contributed by atoms with Gasteiger partial charge in [-0.1, -0.05) is 24.3 Å². The predicted molar refractivity (Wildman–Crippen MR) is 143 cm³/mol. The summed E-state index contributed by atoms with van der Waals surface area (Å²) >= 11 is 0.975. The van der Waals surface area contributed by atoms with Crippen molar-refractivity contribution in [1.82, 2.24) is 20.3 Å². The highest BCUT2D eigenvalue weighted by molar-refractivity contribution is 7.18. The van der Waals surface area contributed by atoms with Crippen molar-refractivity contribution in [3.8, 4) is 16.9 Å². The van der Waals surface area contributed by atoms with Crippen molar-refractivity contribution in [1.29, 1.82) is 0 Å². The number of halogens is 3. The summed E-state index contributed by atoms with van der Waals surface area (Å²) < 4.78 is 44.0. The van der Waals surface area contributed by atoms with Gasteiger partial charge in [-0.3, -0.25) is 4.98 Å². The monoisotopic (exact) mass is 559 g/mol. The quantitative estimate of drug-likeness (QED) is 0.298. The van der Waals surface area contributed by atoms with Gasteiger partial charge in [0.05, 0.1) is 37.3 Å². The minimum absolute atomic E-state index is 0.146. The van der Waals surface area contributed by atoms with Crippen LogP contribution in [-0.4, -0.2) is 69.8 Å². The first-order valence-electron chi connectivity index (χ1n) is 12.3. The van der Waals surface area contributed by atoms with Crippen molar-refractivity contribution >= 4 is 27.4 Å². The fourth-order valence-electron chi connectivity index (χ4n) is 4.96. The molecule has 12 heteroatoms. The van der Waals surface area contributed by atoms with E-state index in [9.17, 15) is 23.4 Å². The average Bonchev–Trinajstić information content (AvgIpc) is 3.45. The molecular formula is C27H28F3N5O3S. The second-order valence-corrected chi connectivity index (χ2v) is 10.7. The van der Waals surface area contributed by atoms with E-state index in [2.05, 4.69) is 20.3 Å². The second-order valence-electron chi connectivity index (χ2n) is 9.61. The predicted octanol–water partition coefficient (Wildman–Crippen LogP) is 3.96. The molecule has 39 heavy (non-hydrogen) atoms. The van der Waals surface area contributed by atoms with Gasteiger partial charge in [-0.05, 0) is 29.7 Å². The number of alkyl halides is 3. The van der Waals surface area contributed by atoms with Gasteiger partial charge in [0, 0.05) is 36.3 Å². The largest absolute Gasteiger partial charge is 0.495 e. The molecule has 0 bridgehead atoms. The molecule has 5 rings (SSSR count). The number of benzene rings is 1. The summed E-state index contributed by atoms with van der Waals surface area (Å²) in [5, 5.41) is 25.5. The third-order valence-electron chi connectivity index (χ3n) is 7.02. The molecule has 0 unspecified atom stereocenters. The van der Waals surface area contributed by atoms with E-state index in [0.29, 0.717) is 34.7 Å². The zero-order chi connectivity index (χ0) is 27.7. The maximum atomic E-state index is 12.9. The number of likely N-dealkylation sites (N-methyl/N-ethyl adjacent to an activating group) is 1. The SMILES string of the molecule is COc1cncc(-c2ccc(CN[C@@H]3C[C@H](N(C)c4ncnc5sc(CC(F)(F)F)cc45)[C@@H](O)[C@H]3O)cc2)c1. The maximum Gasteiger partial charge on any atom is 0.393 e. The molecule has 0 radical (unpaired) electrons. The molecule has 4 aromatic rings. The minimum Gasteiger partial charge on any atom is -0.495 e. The number of aliphatic hydroxyl groups excluding tert-OH is 2. The number of methoxy groups -OCH3 is 1. The number of hydrogen-bond acceptors (Lipinski definition) is 9. The fourth-order valence-corrected chi connectivity index (χ4v) is 5.98. The van der Waals surface area contributed by atoms with Gasteiger partial charge in [-0.15, -0.1) is 11.3 Å². The number of rotatable bonds is 8. The van der Waals surface area contributed by atoms with Gasteiger partial charge in [0.2, 0.25) is 0 Å². The number of fused-ring (bicyclic) bond motifs is 1. The standard InChI is InChI=1S/C27H28F3N5O3S/c1-35(25-20-8-19(10-27(28,29)30)39-26(20)34-14-33-25)22-9-21(23(36)24(22)37)32-11-15-3-5-16(6-4-15)17-7-18(38-2)13-31-12-17/h3-8,12-14,21-24,32,36-37H,9-11H2,1-2H3/t21-,22+,23+,24-/m1/s1. The summed E-state index contributed by atoms with van der Waals surface area (Å²) in [5.41, 5.74) is 2.93. The molecule has 206 valence electrons. The number of thiophene rings is 1. The Labute approximate surface area is 227 Å². The molecule has 0 aliphatic heterocycles. The van der Waals surface area contributed by atoms with E-state index in [1.165, 1.54) is 12.4 Å². The van der Waals surface area contributed by atoms with Gasteiger partial charge >= 0.3 is 6.18 Å². The summed E-state index contributed by atoms with van der Waals surface area (Å²) in [4.78, 5) is 14.9. The summed E-state index contributed by atoms with van der Waals surface area (Å²) in [6, 6.07) is 10.4. The van der Waals surface area contributed by atoms with E-state index in [1.807, 2.05) is 30.3 Å². The van der Waals surface area contributed by atoms with Crippen LogP contribution in [0.1, 0.15) is 16.9 Å². The van der Waals surface area contributed by atoms with E-state index in [-0.39, 0.29) is 4.88 Å². The molecule has 1 saturated carbocycles. The number of ether oxygens (including phenoxy) is 1. The van der Waals surface area contributed by atoms with Crippen LogP contribution in [0.5, 0.6) is 5.75 Å². The fraction of sp³-hybridized carbons (Fsp3) is 0.370. The Hall–Kier alpha value is -3.32. The Morgan fingerprint density at radius 2 is 1.85 bits per heavy atom. The summed E-state index contributed by atoms with van der Waals surface area (Å²) in [5.74, 6) is 1.10. The normalized spacial score (nSPS) is 21.4. The van der Waals surface area contributed by atoms with E-state index < -0.39 is 36.9 Å². The molecule has 0 spiro atoms. The lowest BCUT2D eigenvalue weighted by Crippen LogP contribution is -2.43. The molecule has 0 amide bonds. The third-order valence-corrected chi connectivity index (χ3v) is 8.07. The molecule has 3 N–H and O–H groups in total. The van der Waals surface area contributed by atoms with Crippen molar-refractivity contribution in [2.45, 2.75) is 49.9 Å². The van der Waals surface area contributed by atoms with Gasteiger partial charge in [-0.25, -0.2) is 9.97 Å². The number of aliphatic hydroxyl groups is 2. The summed E-state index contributed by atoms with van der Waals surface area (Å²) in [6.45, 7) is 0.477. The topological polar surface area (TPSA) is 104 Å². The zero-order valence-electron chi connectivity index (χ0n) is 21.3. The molecule has 1 fully saturated rings. The van der Waals surface area contributed by atoms with Gasteiger partial charge in [0.15, 0.2) is 0 Å². The van der Waals surface area contributed by atoms with Gasteiger partial charge in [0.25, 0.3) is 0 Å². The van der Waals surface area contributed by atoms with Crippen molar-refractivity contribution in [2.24, 2.45) is 0 Å². The van der Waals surface area contributed by atoms with Gasteiger partial charge < -0.3 is 25.2 Å². The van der Waals surface area contributed by atoms with Crippen LogP contribution in [0.25, 0.3) is 21.3 Å². The highest BCUT2D eigenvalue weighted by Crippen LogP contribution is 2.36. The average molecular weight is 560 g/mol. The molecule has 3 aromatic heterocycles. The first-order valence-corrected chi connectivity index (χ1v) is 13.2. The lowest BCUT2D eigenvalue weighted by atomic mass is 10.1. The molecule has 4 atom stereocenters. The van der Waals surface area contributed by atoms with Gasteiger partial charge in [0.1, 0.15) is 28.8 Å². The van der Waals surface area contributed by atoms with Crippen LogP contribution < -0.4 is 15.0 Å². The Bertz CT molecular complexity index is 1430. The van der Waals surface area contributed by atoms with Crippen molar-refractivity contribution in [3.05, 3.63) is 65.6 Å².